The molecule has 1 aliphatic carbocycles. The topological polar surface area (TPSA) is 122 Å². The van der Waals surface area contributed by atoms with E-state index in [0.29, 0.717) is 52.2 Å². The molecule has 1 saturated carbocycles. The van der Waals surface area contributed by atoms with E-state index in [9.17, 15) is 9.90 Å². The first-order valence-electron chi connectivity index (χ1n) is 23.0. The number of carbonyl (C=O) groups is 1. The average molecular weight is 852 g/mol. The van der Waals surface area contributed by atoms with Gasteiger partial charge in [-0.3, -0.25) is 9.78 Å². The molecule has 0 radical (unpaired) electrons. The van der Waals surface area contributed by atoms with Crippen LogP contribution < -0.4 is 25.2 Å². The van der Waals surface area contributed by atoms with Crippen molar-refractivity contribution in [2.24, 2.45) is 11.3 Å². The number of aromatic hydroxyl groups is 1. The minimum atomic E-state index is -0.603. The number of halogens is 1. The quantitative estimate of drug-likeness (QED) is 0.118. The lowest BCUT2D eigenvalue weighted by atomic mass is 9.95. The van der Waals surface area contributed by atoms with E-state index in [1.807, 2.05) is 24.3 Å². The number of piperazine rings is 2. The number of phenolic OH excluding ortho intramolecular Hbond substituents is 1. The molecule has 0 spiro atoms. The fourth-order valence-electron chi connectivity index (χ4n) is 10.4. The van der Waals surface area contributed by atoms with Gasteiger partial charge >= 0.3 is 6.01 Å². The molecule has 0 bridgehead atoms. The number of benzene rings is 3. The Morgan fingerprint density at radius 1 is 0.937 bits per heavy atom. The molecule has 3 N–H and O–H groups in total. The minimum absolute atomic E-state index is 0.00406. The predicted octanol–water partition coefficient (Wildman–Crippen LogP) is 6.57. The normalized spacial score (nSPS) is 21.7. The third kappa shape index (κ3) is 8.36. The number of aromatic nitrogens is 3. The molecule has 1 amide bonds. The number of nitrogens with zero attached hydrogens (tertiary/aromatic N) is 7. The zero-order valence-corrected chi connectivity index (χ0v) is 36.5. The Labute approximate surface area is 369 Å². The number of nitrogens with one attached hydrogen (secondary N) is 2. The Balaban J connectivity index is 0.825. The predicted molar refractivity (Wildman–Crippen MR) is 246 cm³/mol. The van der Waals surface area contributed by atoms with Crippen LogP contribution in [0.15, 0.2) is 54.7 Å². The molecule has 5 aromatic rings. The molecule has 2 atom stereocenters. The van der Waals surface area contributed by atoms with Crippen molar-refractivity contribution < 1.29 is 19.0 Å². The third-order valence-electron chi connectivity index (χ3n) is 14.4. The van der Waals surface area contributed by atoms with Gasteiger partial charge in [0.15, 0.2) is 5.82 Å². The van der Waals surface area contributed by atoms with Crippen molar-refractivity contribution in [2.45, 2.75) is 71.0 Å². The number of terminal acetylenes is 1. The first-order valence-corrected chi connectivity index (χ1v) is 23.0. The average Bonchev–Trinajstić information content (AvgIpc) is 3.98. The number of hydrogen-bond donors (Lipinski definition) is 3. The van der Waals surface area contributed by atoms with Crippen LogP contribution >= 0.6 is 0 Å². The highest BCUT2D eigenvalue weighted by Gasteiger charge is 2.45. The summed E-state index contributed by atoms with van der Waals surface area (Å²) in [5, 5.41) is 19.3. The van der Waals surface area contributed by atoms with E-state index in [2.05, 4.69) is 62.1 Å². The molecule has 3 saturated heterocycles. The van der Waals surface area contributed by atoms with Crippen LogP contribution in [0.4, 0.5) is 15.9 Å². The number of ether oxygens (including phenoxy) is 1. The lowest BCUT2D eigenvalue weighted by Gasteiger charge is -2.40. The molecule has 3 aromatic carbocycles. The van der Waals surface area contributed by atoms with Crippen LogP contribution in [0.1, 0.15) is 73.9 Å². The second-order valence-electron chi connectivity index (χ2n) is 18.7. The van der Waals surface area contributed by atoms with Gasteiger partial charge in [-0.1, -0.05) is 31.9 Å². The number of fused-ring (bicyclic) bond motifs is 3. The van der Waals surface area contributed by atoms with E-state index in [4.69, 9.17) is 26.1 Å². The maximum atomic E-state index is 17.2. The monoisotopic (exact) mass is 851 g/mol. The highest BCUT2D eigenvalue weighted by molar-refractivity contribution is 6.03. The van der Waals surface area contributed by atoms with Gasteiger partial charge in [-0.25, -0.2) is 4.39 Å². The fourth-order valence-corrected chi connectivity index (χ4v) is 10.4. The minimum Gasteiger partial charge on any atom is -0.508 e. The number of rotatable bonds is 12. The second-order valence-corrected chi connectivity index (χ2v) is 18.7. The Morgan fingerprint density at radius 3 is 2.43 bits per heavy atom. The van der Waals surface area contributed by atoms with Crippen LogP contribution in [-0.4, -0.2) is 120 Å². The van der Waals surface area contributed by atoms with Crippen molar-refractivity contribution in [2.75, 3.05) is 81.9 Å². The second kappa shape index (κ2) is 17.2. The highest BCUT2D eigenvalue weighted by atomic mass is 19.1. The zero-order chi connectivity index (χ0) is 43.2. The van der Waals surface area contributed by atoms with E-state index >= 15 is 4.39 Å². The van der Waals surface area contributed by atoms with Crippen LogP contribution in [0, 0.1) is 29.5 Å². The molecular formula is C50H58FN9O3. The molecular weight excluding hydrogens is 794 g/mol. The van der Waals surface area contributed by atoms with Gasteiger partial charge in [0.05, 0.1) is 12.0 Å². The van der Waals surface area contributed by atoms with Gasteiger partial charge in [0.2, 0.25) is 0 Å². The highest BCUT2D eigenvalue weighted by Crippen LogP contribution is 2.47. The number of phenols is 1. The molecule has 4 aliphatic heterocycles. The summed E-state index contributed by atoms with van der Waals surface area (Å²) >= 11 is 0. The molecule has 6 heterocycles. The van der Waals surface area contributed by atoms with Crippen molar-refractivity contribution in [1.82, 2.24) is 35.4 Å². The van der Waals surface area contributed by atoms with Crippen molar-refractivity contribution in [3.8, 4) is 35.4 Å². The summed E-state index contributed by atoms with van der Waals surface area (Å²) in [7, 11) is 0. The summed E-state index contributed by atoms with van der Waals surface area (Å²) in [5.74, 6) is 3.48. The van der Waals surface area contributed by atoms with Gasteiger partial charge in [-0.2, -0.15) is 9.97 Å². The van der Waals surface area contributed by atoms with Crippen molar-refractivity contribution in [1.29, 1.82) is 0 Å². The SMILES string of the molecule is C#Cc1cccc2cc(O)cc(-c3ncc4c(N5CC(CC)NC(CC)C5)nc(OCC5(CN6CCN(CC7CCN(c8ccc9c(c8)CNC9=O)CC7)CC6)CC5)nc4c3F)c12. The summed E-state index contributed by atoms with van der Waals surface area (Å²) in [4.78, 5) is 36.5. The lowest BCUT2D eigenvalue weighted by molar-refractivity contribution is 0.0843. The van der Waals surface area contributed by atoms with Gasteiger partial charge in [-0.05, 0) is 91.8 Å². The van der Waals surface area contributed by atoms with Crippen LogP contribution in [-0.2, 0) is 6.54 Å². The largest absolute Gasteiger partial charge is 0.508 e. The zero-order valence-electron chi connectivity index (χ0n) is 36.5. The van der Waals surface area contributed by atoms with Gasteiger partial charge in [0.1, 0.15) is 22.8 Å². The summed E-state index contributed by atoms with van der Waals surface area (Å²) < 4.78 is 23.7. The molecule has 13 heteroatoms. The van der Waals surface area contributed by atoms with Crippen molar-refractivity contribution >= 4 is 39.1 Å². The molecule has 12 nitrogen and oxygen atoms in total. The maximum absolute atomic E-state index is 17.2. The van der Waals surface area contributed by atoms with E-state index in [-0.39, 0.29) is 46.4 Å². The maximum Gasteiger partial charge on any atom is 0.319 e. The number of piperidine rings is 1. The summed E-state index contributed by atoms with van der Waals surface area (Å²) in [6.07, 6.45) is 14.0. The summed E-state index contributed by atoms with van der Waals surface area (Å²) in [6.45, 7) is 15.3. The van der Waals surface area contributed by atoms with E-state index < -0.39 is 5.82 Å². The number of amides is 1. The fraction of sp³-hybridized carbons (Fsp3) is 0.480. The third-order valence-corrected chi connectivity index (χ3v) is 14.4. The standard InChI is InChI=1S/C50H58FN9O3/c1-4-33-8-7-9-34-23-39(61)24-41(43(33)34)45-44(51)46-42(26-52-45)47(60-28-36(5-2)54-37(6-3)29-60)56-49(55-46)63-31-50(14-15-50)30-58-20-18-57(19-21-58)27-32-12-16-59(17-13-32)38-10-11-40-35(22-38)25-53-48(40)62/h1,7-11,22-24,26,32,36-37,54,61H,5-6,12-21,25,27-31H2,2-3H3,(H,53,62). The Morgan fingerprint density at radius 2 is 1.70 bits per heavy atom. The van der Waals surface area contributed by atoms with E-state index in [1.165, 1.54) is 24.6 Å². The Kier molecular flexibility index (Phi) is 11.3. The van der Waals surface area contributed by atoms with Gasteiger partial charge in [0, 0.05) is 123 Å². The van der Waals surface area contributed by atoms with Crippen LogP contribution in [0.5, 0.6) is 11.8 Å². The number of anilines is 2. The molecule has 2 unspecified atom stereocenters. The molecule has 63 heavy (non-hydrogen) atoms. The molecule has 2 aromatic heterocycles. The van der Waals surface area contributed by atoms with Crippen LogP contribution in [0.2, 0.25) is 0 Å². The smallest absolute Gasteiger partial charge is 0.319 e. The van der Waals surface area contributed by atoms with E-state index in [0.717, 1.165) is 102 Å². The van der Waals surface area contributed by atoms with Crippen molar-refractivity contribution in [3.05, 3.63) is 77.2 Å². The van der Waals surface area contributed by atoms with Crippen molar-refractivity contribution in [3.63, 3.8) is 0 Å². The summed E-state index contributed by atoms with van der Waals surface area (Å²) in [5.41, 5.74) is 4.37. The first-order chi connectivity index (χ1) is 30.7. The van der Waals surface area contributed by atoms with Gasteiger partial charge in [-0.15, -0.1) is 6.42 Å². The molecule has 4 fully saturated rings. The van der Waals surface area contributed by atoms with E-state index in [1.54, 1.807) is 12.3 Å². The molecule has 328 valence electrons. The van der Waals surface area contributed by atoms with Crippen LogP contribution in [0.3, 0.4) is 0 Å². The molecule has 5 aliphatic rings. The van der Waals surface area contributed by atoms with Gasteiger partial charge < -0.3 is 40.1 Å². The summed E-state index contributed by atoms with van der Waals surface area (Å²) in [6, 6.07) is 15.6. The number of hydrogen-bond acceptors (Lipinski definition) is 11. The molecule has 10 rings (SSSR count). The number of pyridine rings is 1. The Hall–Kier alpha value is -5.55. The Bertz CT molecular complexity index is 2560. The van der Waals surface area contributed by atoms with Gasteiger partial charge in [0.25, 0.3) is 5.91 Å². The first kappa shape index (κ1) is 41.5. The number of carbonyl (C=O) groups excluding carboxylic acids is 1. The lowest BCUT2D eigenvalue weighted by Crippen LogP contribution is -2.56. The van der Waals surface area contributed by atoms with Crippen LogP contribution in [0.25, 0.3) is 32.9 Å².